The molecule has 5 nitrogen and oxygen atoms in total. The molecule has 5 heteroatoms. The summed E-state index contributed by atoms with van der Waals surface area (Å²) < 4.78 is 3.39. The van der Waals surface area contributed by atoms with Crippen LogP contribution in [-0.2, 0) is 20.5 Å². The molecule has 0 fully saturated rings. The van der Waals surface area contributed by atoms with E-state index in [1.807, 2.05) is 36.7 Å². The fourth-order valence-electron chi connectivity index (χ4n) is 3.70. The highest BCUT2D eigenvalue weighted by Gasteiger charge is 2.28. The lowest BCUT2D eigenvalue weighted by atomic mass is 9.83. The molecule has 0 radical (unpaired) electrons. The molecule has 4 rings (SSSR count). The first-order valence-corrected chi connectivity index (χ1v) is 8.01. The van der Waals surface area contributed by atoms with E-state index in [-0.39, 0.29) is 17.5 Å². The fraction of sp³-hybridized carbons (Fsp3) is 0.263. The van der Waals surface area contributed by atoms with Crippen LogP contribution in [0.4, 0.5) is 0 Å². The van der Waals surface area contributed by atoms with E-state index in [4.69, 9.17) is 0 Å². The number of nitrogens with zero attached hydrogens (tertiary/aromatic N) is 2. The molecule has 0 spiro atoms. The summed E-state index contributed by atoms with van der Waals surface area (Å²) in [4.78, 5) is 25.3. The summed E-state index contributed by atoms with van der Waals surface area (Å²) >= 11 is 0. The van der Waals surface area contributed by atoms with Crippen LogP contribution in [0, 0.1) is 6.92 Å². The third-order valence-corrected chi connectivity index (χ3v) is 4.88. The number of nitrogens with one attached hydrogen (secondary N) is 1. The summed E-state index contributed by atoms with van der Waals surface area (Å²) in [5.74, 6) is -0.192. The molecule has 1 unspecified atom stereocenters. The molecular weight excluding hydrogens is 302 g/mol. The smallest absolute Gasteiger partial charge is 0.260 e. The van der Waals surface area contributed by atoms with Crippen LogP contribution in [0.25, 0.3) is 10.9 Å². The van der Waals surface area contributed by atoms with E-state index in [9.17, 15) is 9.59 Å². The number of pyridine rings is 1. The Morgan fingerprint density at radius 1 is 1.17 bits per heavy atom. The Labute approximate surface area is 139 Å². The minimum absolute atomic E-state index is 0.0256. The van der Waals surface area contributed by atoms with Crippen LogP contribution in [0.2, 0.25) is 0 Å². The zero-order valence-electron chi connectivity index (χ0n) is 14.0. The first kappa shape index (κ1) is 14.8. The van der Waals surface area contributed by atoms with Crippen molar-refractivity contribution in [1.29, 1.82) is 0 Å². The Balaban J connectivity index is 1.75. The van der Waals surface area contributed by atoms with Gasteiger partial charge < -0.3 is 14.5 Å². The maximum Gasteiger partial charge on any atom is 0.260 e. The van der Waals surface area contributed by atoms with Crippen LogP contribution in [0.1, 0.15) is 33.1 Å². The summed E-state index contributed by atoms with van der Waals surface area (Å²) in [7, 11) is 3.58. The largest absolute Gasteiger partial charge is 0.349 e. The van der Waals surface area contributed by atoms with Crippen molar-refractivity contribution in [3.8, 4) is 0 Å². The number of hydrogen-bond acceptors (Lipinski definition) is 2. The van der Waals surface area contributed by atoms with E-state index in [0.717, 1.165) is 23.1 Å². The van der Waals surface area contributed by atoms with Gasteiger partial charge in [0.2, 0.25) is 0 Å². The third-order valence-electron chi connectivity index (χ3n) is 4.88. The summed E-state index contributed by atoms with van der Waals surface area (Å²) in [6, 6.07) is 8.13. The predicted molar refractivity (Wildman–Crippen MR) is 93.3 cm³/mol. The van der Waals surface area contributed by atoms with Crippen LogP contribution < -0.4 is 10.9 Å². The molecule has 1 atom stereocenters. The van der Waals surface area contributed by atoms with Gasteiger partial charge in [0, 0.05) is 26.5 Å². The SMILES string of the molecule is Cc1cn(C)c(=O)c2c(C(=O)NC3Cc4ccccc43)cn(C)c12. The second kappa shape index (κ2) is 5.09. The lowest BCUT2D eigenvalue weighted by Gasteiger charge is -2.30. The van der Waals surface area contributed by atoms with Crippen LogP contribution in [0.5, 0.6) is 0 Å². The first-order valence-electron chi connectivity index (χ1n) is 8.01. The quantitative estimate of drug-likeness (QED) is 0.787. The maximum absolute atomic E-state index is 12.8. The van der Waals surface area contributed by atoms with E-state index in [1.54, 1.807) is 19.4 Å². The zero-order valence-corrected chi connectivity index (χ0v) is 14.0. The molecule has 122 valence electrons. The summed E-state index contributed by atoms with van der Waals surface area (Å²) in [6.45, 7) is 1.95. The van der Waals surface area contributed by atoms with Crippen molar-refractivity contribution in [2.24, 2.45) is 14.1 Å². The van der Waals surface area contributed by atoms with Crippen molar-refractivity contribution in [2.75, 3.05) is 0 Å². The molecule has 1 N–H and O–H groups in total. The van der Waals surface area contributed by atoms with Crippen LogP contribution in [0.15, 0.2) is 41.5 Å². The number of amides is 1. The fourth-order valence-corrected chi connectivity index (χ4v) is 3.70. The Morgan fingerprint density at radius 2 is 1.92 bits per heavy atom. The molecule has 2 aromatic heterocycles. The van der Waals surface area contributed by atoms with Crippen LogP contribution in [-0.4, -0.2) is 15.0 Å². The van der Waals surface area contributed by atoms with Gasteiger partial charge in [-0.1, -0.05) is 24.3 Å². The normalized spacial score (nSPS) is 15.9. The number of aromatic nitrogens is 2. The van der Waals surface area contributed by atoms with Crippen LogP contribution >= 0.6 is 0 Å². The zero-order chi connectivity index (χ0) is 17.0. The Bertz CT molecular complexity index is 1040. The molecule has 3 aromatic rings. The van der Waals surface area contributed by atoms with Crippen LogP contribution in [0.3, 0.4) is 0 Å². The van der Waals surface area contributed by atoms with Crippen molar-refractivity contribution < 1.29 is 4.79 Å². The summed E-state index contributed by atoms with van der Waals surface area (Å²) in [6.07, 6.45) is 4.39. The van der Waals surface area contributed by atoms with Gasteiger partial charge in [-0.05, 0) is 30.0 Å². The van der Waals surface area contributed by atoms with Crippen molar-refractivity contribution in [3.63, 3.8) is 0 Å². The van der Waals surface area contributed by atoms with E-state index >= 15 is 0 Å². The number of fused-ring (bicyclic) bond motifs is 2. The highest BCUT2D eigenvalue weighted by Crippen LogP contribution is 2.33. The Hall–Kier alpha value is -2.82. The average Bonchev–Trinajstić information content (AvgIpc) is 2.88. The topological polar surface area (TPSA) is 56.0 Å². The van der Waals surface area contributed by atoms with Gasteiger partial charge in [0.05, 0.1) is 22.5 Å². The molecule has 0 saturated carbocycles. The van der Waals surface area contributed by atoms with Gasteiger partial charge in [-0.15, -0.1) is 0 Å². The first-order chi connectivity index (χ1) is 11.5. The summed E-state index contributed by atoms with van der Waals surface area (Å²) in [5, 5.41) is 3.55. The molecule has 1 aromatic carbocycles. The van der Waals surface area contributed by atoms with Crippen molar-refractivity contribution >= 4 is 16.8 Å². The highest BCUT2D eigenvalue weighted by molar-refractivity contribution is 6.07. The van der Waals surface area contributed by atoms with Gasteiger partial charge in [0.1, 0.15) is 0 Å². The van der Waals surface area contributed by atoms with Crippen molar-refractivity contribution in [1.82, 2.24) is 14.5 Å². The predicted octanol–water partition coefficient (Wildman–Crippen LogP) is 2.21. The molecule has 0 saturated heterocycles. The van der Waals surface area contributed by atoms with E-state index in [1.165, 1.54) is 10.1 Å². The number of rotatable bonds is 2. The van der Waals surface area contributed by atoms with Gasteiger partial charge in [-0.25, -0.2) is 0 Å². The molecule has 1 aliphatic rings. The van der Waals surface area contributed by atoms with Gasteiger partial charge in [0.25, 0.3) is 11.5 Å². The number of carbonyl (C=O) groups is 1. The maximum atomic E-state index is 12.8. The standard InChI is InChI=1S/C19H19N3O2/c1-11-9-22(3)19(24)16-14(10-21(2)17(11)16)18(23)20-15-8-12-6-4-5-7-13(12)15/h4-7,9-10,15H,8H2,1-3H3,(H,20,23). The second-order valence-electron chi connectivity index (χ2n) is 6.53. The Morgan fingerprint density at radius 3 is 2.67 bits per heavy atom. The number of aryl methyl sites for hydroxylation is 3. The molecule has 0 aliphatic heterocycles. The lowest BCUT2D eigenvalue weighted by Crippen LogP contribution is -2.36. The monoisotopic (exact) mass is 321 g/mol. The minimum Gasteiger partial charge on any atom is -0.349 e. The molecule has 1 aliphatic carbocycles. The third kappa shape index (κ3) is 2.01. The molecular formula is C19H19N3O2. The Kier molecular flexibility index (Phi) is 3.13. The van der Waals surface area contributed by atoms with Gasteiger partial charge in [-0.3, -0.25) is 9.59 Å². The van der Waals surface area contributed by atoms with E-state index in [2.05, 4.69) is 11.4 Å². The number of benzene rings is 1. The second-order valence-corrected chi connectivity index (χ2v) is 6.53. The number of hydrogen-bond donors (Lipinski definition) is 1. The minimum atomic E-state index is -0.192. The highest BCUT2D eigenvalue weighted by atomic mass is 16.2. The van der Waals surface area contributed by atoms with Gasteiger partial charge >= 0.3 is 0 Å². The molecule has 24 heavy (non-hydrogen) atoms. The molecule has 2 heterocycles. The summed E-state index contributed by atoms with van der Waals surface area (Å²) in [5.41, 5.74) is 4.53. The van der Waals surface area contributed by atoms with Crippen molar-refractivity contribution in [3.05, 3.63) is 69.3 Å². The van der Waals surface area contributed by atoms with Crippen molar-refractivity contribution in [2.45, 2.75) is 19.4 Å². The van der Waals surface area contributed by atoms with E-state index < -0.39 is 0 Å². The van der Waals surface area contributed by atoms with E-state index in [0.29, 0.717) is 10.9 Å². The van der Waals surface area contributed by atoms with Gasteiger partial charge in [-0.2, -0.15) is 0 Å². The molecule has 0 bridgehead atoms. The average molecular weight is 321 g/mol. The lowest BCUT2D eigenvalue weighted by molar-refractivity contribution is 0.0933. The number of carbonyl (C=O) groups excluding carboxylic acids is 1. The van der Waals surface area contributed by atoms with Gasteiger partial charge in [0.15, 0.2) is 0 Å². The molecule has 1 amide bonds.